The highest BCUT2D eigenvalue weighted by molar-refractivity contribution is 6.30. The predicted octanol–water partition coefficient (Wildman–Crippen LogP) is 5.08. The highest BCUT2D eigenvalue weighted by Gasteiger charge is 2.39. The van der Waals surface area contributed by atoms with E-state index in [0.29, 0.717) is 40.2 Å². The van der Waals surface area contributed by atoms with Gasteiger partial charge in [0.05, 0.1) is 36.6 Å². The molecule has 1 saturated heterocycles. The molecule has 0 bridgehead atoms. The Morgan fingerprint density at radius 2 is 1.98 bits per heavy atom. The second-order valence-corrected chi connectivity index (χ2v) is 12.1. The monoisotopic (exact) mass is 579 g/mol. The van der Waals surface area contributed by atoms with E-state index in [-0.39, 0.29) is 18.0 Å². The number of imidazole rings is 1. The summed E-state index contributed by atoms with van der Waals surface area (Å²) in [6, 6.07) is 2.12. The minimum absolute atomic E-state index is 0.171. The minimum atomic E-state index is -0.673. The zero-order chi connectivity index (χ0) is 28.1. The molecule has 2 atom stereocenters. The first-order valence-corrected chi connectivity index (χ1v) is 14.9. The van der Waals surface area contributed by atoms with Crippen molar-refractivity contribution in [1.82, 2.24) is 29.7 Å². The van der Waals surface area contributed by atoms with Gasteiger partial charge < -0.3 is 18.9 Å². The molecule has 0 radical (unpaired) electrons. The van der Waals surface area contributed by atoms with Crippen LogP contribution >= 0.6 is 11.6 Å². The van der Waals surface area contributed by atoms with Crippen LogP contribution in [0.25, 0.3) is 33.8 Å². The van der Waals surface area contributed by atoms with Gasteiger partial charge in [0, 0.05) is 31.0 Å². The molecule has 12 heteroatoms. The van der Waals surface area contributed by atoms with Crippen molar-refractivity contribution in [2.75, 3.05) is 25.2 Å². The van der Waals surface area contributed by atoms with E-state index < -0.39 is 5.76 Å². The van der Waals surface area contributed by atoms with Crippen LogP contribution in [0.5, 0.6) is 5.75 Å². The van der Waals surface area contributed by atoms with Gasteiger partial charge >= 0.3 is 5.76 Å². The van der Waals surface area contributed by atoms with E-state index in [1.165, 1.54) is 25.7 Å². The SMILES string of the molecule is COc1c(-c2noc(=O)[nH]2)nc(-c2cncc(Cl)c2)c2c1nc(N1CCOC3CCCC31)n2CC1CCC(C)CC1. The molecule has 5 heterocycles. The number of nitrogens with zero attached hydrogens (tertiary/aromatic N) is 6. The number of nitrogens with one attached hydrogen (secondary N) is 1. The Morgan fingerprint density at radius 1 is 1.12 bits per heavy atom. The Balaban J connectivity index is 1.50. The van der Waals surface area contributed by atoms with Gasteiger partial charge in [0.1, 0.15) is 11.0 Å². The summed E-state index contributed by atoms with van der Waals surface area (Å²) < 4.78 is 19.3. The van der Waals surface area contributed by atoms with Crippen molar-refractivity contribution in [2.45, 2.75) is 70.6 Å². The first-order valence-electron chi connectivity index (χ1n) is 14.5. The zero-order valence-electron chi connectivity index (χ0n) is 23.3. The van der Waals surface area contributed by atoms with Gasteiger partial charge in [-0.25, -0.2) is 14.8 Å². The third-order valence-electron chi connectivity index (χ3n) is 8.99. The standard InChI is InChI=1S/C29H34ClN7O4/c1-16-6-8-17(9-7-16)15-37-25-22(18-12-19(30)14-31-13-18)32-24(27-34-29(38)41-35-27)26(39-2)23(25)33-28(37)36-10-11-40-21-5-3-4-20(21)36/h12-14,16-17,20-21H,3-11,15H2,1-2H3,(H,34,35,38). The molecule has 2 unspecified atom stereocenters. The largest absolute Gasteiger partial charge is 0.492 e. The van der Waals surface area contributed by atoms with Crippen molar-refractivity contribution in [3.05, 3.63) is 34.0 Å². The minimum Gasteiger partial charge on any atom is -0.492 e. The number of morpholine rings is 1. The van der Waals surface area contributed by atoms with E-state index >= 15 is 0 Å². The van der Waals surface area contributed by atoms with Gasteiger partial charge in [0.25, 0.3) is 0 Å². The number of anilines is 1. The molecule has 1 N–H and O–H groups in total. The Kier molecular flexibility index (Phi) is 6.94. The van der Waals surface area contributed by atoms with Crippen molar-refractivity contribution < 1.29 is 14.0 Å². The van der Waals surface area contributed by atoms with E-state index in [1.54, 1.807) is 19.5 Å². The van der Waals surface area contributed by atoms with Gasteiger partial charge in [-0.3, -0.25) is 14.5 Å². The highest BCUT2D eigenvalue weighted by atomic mass is 35.5. The molecule has 41 heavy (non-hydrogen) atoms. The topological polar surface area (TPSA) is 124 Å². The molecule has 0 spiro atoms. The van der Waals surface area contributed by atoms with Crippen molar-refractivity contribution in [2.24, 2.45) is 11.8 Å². The number of hydrogen-bond donors (Lipinski definition) is 1. The maximum Gasteiger partial charge on any atom is 0.439 e. The number of methoxy groups -OCH3 is 1. The first-order chi connectivity index (χ1) is 20.0. The average Bonchev–Trinajstić information content (AvgIpc) is 3.72. The second-order valence-electron chi connectivity index (χ2n) is 11.6. The molecule has 7 rings (SSSR count). The van der Waals surface area contributed by atoms with E-state index in [4.69, 9.17) is 35.6 Å². The quantitative estimate of drug-likeness (QED) is 0.333. The molecular formula is C29H34ClN7O4. The van der Waals surface area contributed by atoms with Crippen molar-refractivity contribution in [3.8, 4) is 28.5 Å². The number of halogens is 1. The first kappa shape index (κ1) is 26.5. The van der Waals surface area contributed by atoms with E-state index in [2.05, 4.69) is 31.5 Å². The van der Waals surface area contributed by atoms with E-state index in [1.807, 2.05) is 6.07 Å². The molecule has 4 aromatic rings. The summed E-state index contributed by atoms with van der Waals surface area (Å²) in [5.41, 5.74) is 3.23. The summed E-state index contributed by atoms with van der Waals surface area (Å²) in [5, 5.41) is 4.43. The number of aromatic amines is 1. The number of pyridine rings is 2. The van der Waals surface area contributed by atoms with Crippen LogP contribution in [0.4, 0.5) is 5.95 Å². The normalized spacial score (nSPS) is 24.6. The van der Waals surface area contributed by atoms with Crippen molar-refractivity contribution >= 4 is 28.6 Å². The number of hydrogen-bond acceptors (Lipinski definition) is 9. The maximum absolute atomic E-state index is 11.9. The lowest BCUT2D eigenvalue weighted by molar-refractivity contribution is 0.0247. The summed E-state index contributed by atoms with van der Waals surface area (Å²) in [7, 11) is 1.59. The number of fused-ring (bicyclic) bond motifs is 2. The molecule has 0 aromatic carbocycles. The lowest BCUT2D eigenvalue weighted by Gasteiger charge is -2.39. The Hall–Kier alpha value is -3.44. The zero-order valence-corrected chi connectivity index (χ0v) is 24.1. The second kappa shape index (κ2) is 10.8. The van der Waals surface area contributed by atoms with Crippen LogP contribution in [-0.2, 0) is 11.3 Å². The number of rotatable bonds is 6. The summed E-state index contributed by atoms with van der Waals surface area (Å²) >= 11 is 6.43. The fourth-order valence-electron chi connectivity index (χ4n) is 6.93. The van der Waals surface area contributed by atoms with Crippen molar-refractivity contribution in [3.63, 3.8) is 0 Å². The summed E-state index contributed by atoms with van der Waals surface area (Å²) in [6.07, 6.45) is 11.6. The Morgan fingerprint density at radius 3 is 2.73 bits per heavy atom. The summed E-state index contributed by atoms with van der Waals surface area (Å²) in [5.74, 6) is 2.10. The molecule has 3 fully saturated rings. The van der Waals surface area contributed by atoms with Crippen LogP contribution in [0.2, 0.25) is 5.02 Å². The lowest BCUT2D eigenvalue weighted by Crippen LogP contribution is -2.49. The van der Waals surface area contributed by atoms with E-state index in [9.17, 15) is 4.79 Å². The van der Waals surface area contributed by atoms with Crippen LogP contribution in [0.15, 0.2) is 27.8 Å². The molecule has 4 aromatic heterocycles. The van der Waals surface area contributed by atoms with Gasteiger partial charge in [0.2, 0.25) is 11.8 Å². The fraction of sp³-hybridized carbons (Fsp3) is 0.552. The van der Waals surface area contributed by atoms with Crippen LogP contribution in [0.1, 0.15) is 51.9 Å². The molecule has 11 nitrogen and oxygen atoms in total. The van der Waals surface area contributed by atoms with E-state index in [0.717, 1.165) is 55.3 Å². The van der Waals surface area contributed by atoms with Gasteiger partial charge in [-0.2, -0.15) is 0 Å². The number of aromatic nitrogens is 6. The molecule has 3 aliphatic rings. The number of H-pyrrole nitrogens is 1. The molecular weight excluding hydrogens is 546 g/mol. The smallest absolute Gasteiger partial charge is 0.439 e. The third-order valence-corrected chi connectivity index (χ3v) is 9.19. The molecule has 1 aliphatic heterocycles. The Bertz CT molecular complexity index is 1620. The van der Waals surface area contributed by atoms with Crippen LogP contribution in [0, 0.1) is 11.8 Å². The van der Waals surface area contributed by atoms with Crippen LogP contribution in [-0.4, -0.2) is 62.1 Å². The van der Waals surface area contributed by atoms with Gasteiger partial charge in [0.15, 0.2) is 11.4 Å². The van der Waals surface area contributed by atoms with Gasteiger partial charge in [-0.05, 0) is 50.0 Å². The lowest BCUT2D eigenvalue weighted by atomic mass is 9.83. The van der Waals surface area contributed by atoms with Gasteiger partial charge in [-0.1, -0.05) is 36.5 Å². The average molecular weight is 580 g/mol. The Labute approximate surface area is 242 Å². The maximum atomic E-state index is 11.9. The van der Waals surface area contributed by atoms with Gasteiger partial charge in [-0.15, -0.1) is 0 Å². The predicted molar refractivity (Wildman–Crippen MR) is 154 cm³/mol. The summed E-state index contributed by atoms with van der Waals surface area (Å²) in [4.78, 5) is 31.7. The molecule has 2 saturated carbocycles. The van der Waals surface area contributed by atoms with Crippen LogP contribution < -0.4 is 15.4 Å². The molecule has 2 aliphatic carbocycles. The van der Waals surface area contributed by atoms with Crippen LogP contribution in [0.3, 0.4) is 0 Å². The highest BCUT2D eigenvalue weighted by Crippen LogP contribution is 2.43. The third kappa shape index (κ3) is 4.78. The molecule has 0 amide bonds. The number of ether oxygens (including phenoxy) is 2. The van der Waals surface area contributed by atoms with Crippen molar-refractivity contribution in [1.29, 1.82) is 0 Å². The fourth-order valence-corrected chi connectivity index (χ4v) is 7.11. The summed E-state index contributed by atoms with van der Waals surface area (Å²) in [6.45, 7) is 4.59. The molecule has 216 valence electrons.